The molecule has 1 saturated carbocycles. The van der Waals surface area contributed by atoms with Gasteiger partial charge in [0.15, 0.2) is 0 Å². The summed E-state index contributed by atoms with van der Waals surface area (Å²) < 4.78 is 8.43. The summed E-state index contributed by atoms with van der Waals surface area (Å²) in [5.74, 6) is 2.43. The van der Waals surface area contributed by atoms with Gasteiger partial charge in [0.25, 0.3) is 0 Å². The third kappa shape index (κ3) is 3.39. The number of aryl methyl sites for hydroxylation is 2. The number of para-hydroxylation sites is 3. The number of likely N-dealkylation sites (tertiary alicyclic amines) is 1. The minimum atomic E-state index is 0.163. The second kappa shape index (κ2) is 7.21. The van der Waals surface area contributed by atoms with E-state index in [0.717, 1.165) is 59.7 Å². The average molecular weight is 389 g/mol. The summed E-state index contributed by atoms with van der Waals surface area (Å²) in [6.45, 7) is 6.25. The number of hydrogen-bond acceptors (Lipinski definition) is 3. The number of hydrogen-bond donors (Lipinski definition) is 0. The number of rotatable bonds is 6. The number of carbonyl (C=O) groups excluding carboxylic acids is 1. The van der Waals surface area contributed by atoms with Crippen LogP contribution in [0.4, 0.5) is 0 Å². The molecule has 1 atom stereocenters. The Morgan fingerprint density at radius 1 is 1.07 bits per heavy atom. The summed E-state index contributed by atoms with van der Waals surface area (Å²) >= 11 is 0. The summed E-state index contributed by atoms with van der Waals surface area (Å²) in [5.41, 5.74) is 4.42. The summed E-state index contributed by atoms with van der Waals surface area (Å²) in [5, 5.41) is 0. The van der Waals surface area contributed by atoms with Crippen LogP contribution in [0.15, 0.2) is 42.5 Å². The molecule has 1 unspecified atom stereocenters. The summed E-state index contributed by atoms with van der Waals surface area (Å²) in [4.78, 5) is 19.5. The molecule has 1 aliphatic carbocycles. The number of benzene rings is 2. The van der Waals surface area contributed by atoms with Gasteiger partial charge in [0.2, 0.25) is 5.91 Å². The van der Waals surface area contributed by atoms with E-state index in [-0.39, 0.29) is 11.8 Å². The number of ether oxygens (including phenoxy) is 1. The highest BCUT2D eigenvalue weighted by atomic mass is 16.5. The molecule has 5 heteroatoms. The van der Waals surface area contributed by atoms with Gasteiger partial charge in [0, 0.05) is 24.9 Å². The second-order valence-corrected chi connectivity index (χ2v) is 8.36. The van der Waals surface area contributed by atoms with Crippen molar-refractivity contribution in [3.05, 3.63) is 59.4 Å². The molecule has 1 aromatic heterocycles. The molecule has 2 heterocycles. The van der Waals surface area contributed by atoms with Crippen molar-refractivity contribution in [2.24, 2.45) is 0 Å². The van der Waals surface area contributed by atoms with E-state index in [2.05, 4.69) is 53.6 Å². The third-order valence-corrected chi connectivity index (χ3v) is 6.17. The van der Waals surface area contributed by atoms with Gasteiger partial charge < -0.3 is 14.2 Å². The van der Waals surface area contributed by atoms with Crippen LogP contribution < -0.4 is 4.74 Å². The van der Waals surface area contributed by atoms with Gasteiger partial charge in [-0.1, -0.05) is 30.3 Å². The first-order valence-electron chi connectivity index (χ1n) is 10.6. The summed E-state index contributed by atoms with van der Waals surface area (Å²) in [6.07, 6.45) is 2.87. The Labute approximate surface area is 171 Å². The average Bonchev–Trinajstić information content (AvgIpc) is 3.38. The molecule has 5 nitrogen and oxygen atoms in total. The Morgan fingerprint density at radius 3 is 2.59 bits per heavy atom. The zero-order valence-corrected chi connectivity index (χ0v) is 17.1. The molecular formula is C24H27N3O2. The lowest BCUT2D eigenvalue weighted by molar-refractivity contribution is -0.128. The van der Waals surface area contributed by atoms with E-state index in [4.69, 9.17) is 9.72 Å². The summed E-state index contributed by atoms with van der Waals surface area (Å²) in [6, 6.07) is 14.9. The van der Waals surface area contributed by atoms with E-state index in [1.54, 1.807) is 0 Å². The monoisotopic (exact) mass is 389 g/mol. The standard InChI is InChI=1S/C24H27N3O2/c1-16-6-5-7-17(2)23(16)29-13-12-26-21-9-4-3-8-20(21)25-24(26)18-14-22(28)27(15-18)19-10-11-19/h3-9,18-19H,10-15H2,1-2H3. The lowest BCUT2D eigenvalue weighted by atomic mass is 10.1. The topological polar surface area (TPSA) is 47.4 Å². The van der Waals surface area contributed by atoms with E-state index in [1.807, 2.05) is 12.1 Å². The number of fused-ring (bicyclic) bond motifs is 1. The molecule has 0 N–H and O–H groups in total. The Bertz CT molecular complexity index is 1050. The van der Waals surface area contributed by atoms with Crippen molar-refractivity contribution in [1.82, 2.24) is 14.5 Å². The minimum Gasteiger partial charge on any atom is -0.491 e. The first-order chi connectivity index (χ1) is 14.1. The van der Waals surface area contributed by atoms with Crippen molar-refractivity contribution in [2.75, 3.05) is 13.2 Å². The van der Waals surface area contributed by atoms with Crippen LogP contribution in [0.3, 0.4) is 0 Å². The number of nitrogens with zero attached hydrogens (tertiary/aromatic N) is 3. The SMILES string of the molecule is Cc1cccc(C)c1OCCn1c(C2CC(=O)N(C3CC3)C2)nc2ccccc21. The molecule has 1 saturated heterocycles. The molecule has 1 aliphatic heterocycles. The number of carbonyl (C=O) groups is 1. The molecular weight excluding hydrogens is 362 g/mol. The number of amides is 1. The van der Waals surface area contributed by atoms with Crippen LogP contribution in [0.1, 0.15) is 42.1 Å². The minimum absolute atomic E-state index is 0.163. The molecule has 0 bridgehead atoms. The fourth-order valence-corrected chi connectivity index (χ4v) is 4.55. The zero-order chi connectivity index (χ0) is 20.0. The van der Waals surface area contributed by atoms with E-state index in [0.29, 0.717) is 19.1 Å². The highest BCUT2D eigenvalue weighted by molar-refractivity contribution is 5.81. The van der Waals surface area contributed by atoms with Crippen molar-refractivity contribution < 1.29 is 9.53 Å². The van der Waals surface area contributed by atoms with Crippen LogP contribution in [0.25, 0.3) is 11.0 Å². The van der Waals surface area contributed by atoms with E-state index >= 15 is 0 Å². The lowest BCUT2D eigenvalue weighted by Gasteiger charge is -2.17. The fourth-order valence-electron chi connectivity index (χ4n) is 4.55. The summed E-state index contributed by atoms with van der Waals surface area (Å²) in [7, 11) is 0. The molecule has 0 spiro atoms. The lowest BCUT2D eigenvalue weighted by Crippen LogP contribution is -2.27. The molecule has 1 amide bonds. The van der Waals surface area contributed by atoms with Gasteiger partial charge in [-0.3, -0.25) is 4.79 Å². The van der Waals surface area contributed by atoms with Gasteiger partial charge in [-0.2, -0.15) is 0 Å². The van der Waals surface area contributed by atoms with Gasteiger partial charge in [-0.15, -0.1) is 0 Å². The van der Waals surface area contributed by atoms with Gasteiger partial charge in [-0.05, 0) is 49.9 Å². The molecule has 2 fully saturated rings. The van der Waals surface area contributed by atoms with Crippen LogP contribution in [0.5, 0.6) is 5.75 Å². The maximum atomic E-state index is 12.5. The van der Waals surface area contributed by atoms with Crippen LogP contribution in [0.2, 0.25) is 0 Å². The maximum Gasteiger partial charge on any atom is 0.223 e. The van der Waals surface area contributed by atoms with E-state index in [1.165, 1.54) is 0 Å². The zero-order valence-electron chi connectivity index (χ0n) is 17.1. The molecule has 5 rings (SSSR count). The van der Waals surface area contributed by atoms with Crippen LogP contribution in [0, 0.1) is 13.8 Å². The number of aromatic nitrogens is 2. The van der Waals surface area contributed by atoms with Crippen molar-refractivity contribution >= 4 is 16.9 Å². The van der Waals surface area contributed by atoms with Crippen molar-refractivity contribution in [1.29, 1.82) is 0 Å². The van der Waals surface area contributed by atoms with Crippen LogP contribution in [-0.2, 0) is 11.3 Å². The molecule has 2 aliphatic rings. The van der Waals surface area contributed by atoms with Crippen molar-refractivity contribution in [3.8, 4) is 5.75 Å². The highest BCUT2D eigenvalue weighted by Crippen LogP contribution is 2.37. The van der Waals surface area contributed by atoms with Crippen molar-refractivity contribution in [3.63, 3.8) is 0 Å². The quantitative estimate of drug-likeness (QED) is 0.634. The predicted molar refractivity (Wildman–Crippen MR) is 113 cm³/mol. The fraction of sp³-hybridized carbons (Fsp3) is 0.417. The van der Waals surface area contributed by atoms with Gasteiger partial charge in [-0.25, -0.2) is 4.98 Å². The predicted octanol–water partition coefficient (Wildman–Crippen LogP) is 4.21. The Morgan fingerprint density at radius 2 is 1.83 bits per heavy atom. The first kappa shape index (κ1) is 18.2. The molecule has 3 aromatic rings. The second-order valence-electron chi connectivity index (χ2n) is 8.36. The Hall–Kier alpha value is -2.82. The van der Waals surface area contributed by atoms with Gasteiger partial charge in [0.05, 0.1) is 17.6 Å². The van der Waals surface area contributed by atoms with Gasteiger partial charge >= 0.3 is 0 Å². The smallest absolute Gasteiger partial charge is 0.223 e. The molecule has 29 heavy (non-hydrogen) atoms. The normalized spacial score (nSPS) is 19.3. The largest absolute Gasteiger partial charge is 0.491 e. The molecule has 150 valence electrons. The Kier molecular flexibility index (Phi) is 4.53. The maximum absolute atomic E-state index is 12.5. The Balaban J connectivity index is 1.40. The van der Waals surface area contributed by atoms with Crippen LogP contribution in [-0.4, -0.2) is 39.6 Å². The van der Waals surface area contributed by atoms with Crippen LogP contribution >= 0.6 is 0 Å². The third-order valence-electron chi connectivity index (χ3n) is 6.17. The first-order valence-corrected chi connectivity index (χ1v) is 10.6. The number of imidazole rings is 1. The molecule has 2 aromatic carbocycles. The molecule has 0 radical (unpaired) electrons. The van der Waals surface area contributed by atoms with Gasteiger partial charge in [0.1, 0.15) is 18.2 Å². The van der Waals surface area contributed by atoms with E-state index < -0.39 is 0 Å². The highest BCUT2D eigenvalue weighted by Gasteiger charge is 2.41. The van der Waals surface area contributed by atoms with E-state index in [9.17, 15) is 4.79 Å². The van der Waals surface area contributed by atoms with Crippen molar-refractivity contribution in [2.45, 2.75) is 51.6 Å².